The Bertz CT molecular complexity index is 1220. The van der Waals surface area contributed by atoms with E-state index in [9.17, 15) is 19.8 Å². The molecule has 0 fully saturated rings. The van der Waals surface area contributed by atoms with E-state index >= 15 is 0 Å². The molecular weight excluding hydrogens is 406 g/mol. The summed E-state index contributed by atoms with van der Waals surface area (Å²) in [5.41, 5.74) is 3.95. The van der Waals surface area contributed by atoms with Gasteiger partial charge in [-0.1, -0.05) is 26.2 Å². The lowest BCUT2D eigenvalue weighted by Gasteiger charge is -2.13. The van der Waals surface area contributed by atoms with Crippen molar-refractivity contribution in [1.82, 2.24) is 14.9 Å². The second-order valence-electron chi connectivity index (χ2n) is 8.69. The normalized spacial score (nSPS) is 13.1. The van der Waals surface area contributed by atoms with Crippen molar-refractivity contribution in [2.24, 2.45) is 7.05 Å². The van der Waals surface area contributed by atoms with E-state index in [1.165, 1.54) is 31.4 Å². The molecule has 7 nitrogen and oxygen atoms in total. The molecule has 32 heavy (non-hydrogen) atoms. The predicted molar refractivity (Wildman–Crippen MR) is 125 cm³/mol. The average molecular weight is 438 g/mol. The quantitative estimate of drug-likeness (QED) is 0.397. The summed E-state index contributed by atoms with van der Waals surface area (Å²) < 4.78 is 2.20. The monoisotopic (exact) mass is 437 g/mol. The van der Waals surface area contributed by atoms with Gasteiger partial charge in [-0.05, 0) is 56.0 Å². The highest BCUT2D eigenvalue weighted by Crippen LogP contribution is 2.38. The minimum Gasteiger partial charge on any atom is -0.506 e. The Kier molecular flexibility index (Phi) is 6.37. The number of carboxylic acid groups (broad SMARTS) is 1. The van der Waals surface area contributed by atoms with Crippen LogP contribution < -0.4 is 10.9 Å². The summed E-state index contributed by atoms with van der Waals surface area (Å²) in [4.78, 5) is 26.6. The van der Waals surface area contributed by atoms with E-state index in [4.69, 9.17) is 0 Å². The second-order valence-corrected chi connectivity index (χ2v) is 8.69. The molecule has 0 unspecified atom stereocenters. The summed E-state index contributed by atoms with van der Waals surface area (Å²) in [5, 5.41) is 24.5. The topological polar surface area (TPSA) is 107 Å². The minimum atomic E-state index is -1.42. The van der Waals surface area contributed by atoms with Crippen LogP contribution in [0.4, 0.5) is 0 Å². The highest BCUT2D eigenvalue weighted by Gasteiger charge is 2.26. The van der Waals surface area contributed by atoms with Gasteiger partial charge >= 0.3 is 5.97 Å². The number of pyridine rings is 1. The minimum absolute atomic E-state index is 0.412. The predicted octanol–water partition coefficient (Wildman–Crippen LogP) is 4.10. The Labute approximate surface area is 187 Å². The van der Waals surface area contributed by atoms with Gasteiger partial charge in [0.15, 0.2) is 5.56 Å². The van der Waals surface area contributed by atoms with Gasteiger partial charge in [0.2, 0.25) is 0 Å². The molecule has 1 aliphatic rings. The lowest BCUT2D eigenvalue weighted by atomic mass is 9.98. The number of aromatic nitrogens is 2. The molecule has 0 radical (unpaired) electrons. The van der Waals surface area contributed by atoms with Crippen LogP contribution in [-0.4, -0.2) is 32.3 Å². The maximum atomic E-state index is 12.4. The third-order valence-electron chi connectivity index (χ3n) is 6.53. The Hall–Kier alpha value is -3.06. The van der Waals surface area contributed by atoms with Crippen LogP contribution in [0.25, 0.3) is 22.2 Å². The van der Waals surface area contributed by atoms with E-state index in [0.29, 0.717) is 17.7 Å². The van der Waals surface area contributed by atoms with Crippen molar-refractivity contribution in [2.45, 2.75) is 58.4 Å². The summed E-state index contributed by atoms with van der Waals surface area (Å²) in [6, 6.07) is 6.36. The van der Waals surface area contributed by atoms with Crippen LogP contribution in [0.15, 0.2) is 23.0 Å². The van der Waals surface area contributed by atoms with Gasteiger partial charge in [-0.3, -0.25) is 4.79 Å². The smallest absolute Gasteiger partial charge is 0.345 e. The van der Waals surface area contributed by atoms with Crippen LogP contribution in [-0.2, 0) is 26.4 Å². The van der Waals surface area contributed by atoms with Gasteiger partial charge in [0.1, 0.15) is 5.75 Å². The van der Waals surface area contributed by atoms with Gasteiger partial charge in [0, 0.05) is 41.3 Å². The van der Waals surface area contributed by atoms with Gasteiger partial charge in [-0.15, -0.1) is 0 Å². The molecule has 4 N–H and O–H groups in total. The van der Waals surface area contributed by atoms with Gasteiger partial charge in [0.25, 0.3) is 5.56 Å². The number of hydrogen-bond donors (Lipinski definition) is 4. The fourth-order valence-electron chi connectivity index (χ4n) is 4.74. The van der Waals surface area contributed by atoms with E-state index in [-0.39, 0.29) is 0 Å². The molecular formula is C25H31N3O4. The van der Waals surface area contributed by atoms with E-state index < -0.39 is 22.8 Å². The first-order valence-electron chi connectivity index (χ1n) is 11.5. The summed E-state index contributed by atoms with van der Waals surface area (Å²) in [5.74, 6) is -1.83. The number of aromatic amines is 1. The molecule has 0 amide bonds. The second kappa shape index (κ2) is 9.20. The maximum Gasteiger partial charge on any atom is 0.345 e. The Balaban J connectivity index is 1.70. The van der Waals surface area contributed by atoms with E-state index in [1.54, 1.807) is 0 Å². The molecule has 1 aliphatic carbocycles. The molecule has 0 saturated heterocycles. The van der Waals surface area contributed by atoms with Crippen molar-refractivity contribution < 1.29 is 15.0 Å². The maximum absolute atomic E-state index is 12.4. The first-order valence-corrected chi connectivity index (χ1v) is 11.5. The zero-order chi connectivity index (χ0) is 22.8. The molecule has 0 saturated carbocycles. The van der Waals surface area contributed by atoms with Gasteiger partial charge in [-0.25, -0.2) is 4.79 Å². The van der Waals surface area contributed by atoms with Crippen molar-refractivity contribution in [1.29, 1.82) is 0 Å². The van der Waals surface area contributed by atoms with Crippen LogP contribution in [0.2, 0.25) is 0 Å². The first-order chi connectivity index (χ1) is 15.4. The van der Waals surface area contributed by atoms with Crippen molar-refractivity contribution in [3.63, 3.8) is 0 Å². The lowest BCUT2D eigenvalue weighted by molar-refractivity contribution is 0.0691. The molecule has 7 heteroatoms. The van der Waals surface area contributed by atoms with Crippen molar-refractivity contribution in [2.75, 3.05) is 6.54 Å². The lowest BCUT2D eigenvalue weighted by Crippen LogP contribution is -2.20. The highest BCUT2D eigenvalue weighted by molar-refractivity contribution is 5.93. The molecule has 0 spiro atoms. The summed E-state index contributed by atoms with van der Waals surface area (Å²) >= 11 is 0. The first kappa shape index (κ1) is 22.1. The molecule has 3 aromatic rings. The number of fused-ring (bicyclic) bond motifs is 4. The molecule has 0 atom stereocenters. The summed E-state index contributed by atoms with van der Waals surface area (Å²) in [7, 11) is 2.07. The molecule has 0 aliphatic heterocycles. The number of aromatic hydroxyl groups is 1. The number of hydrogen-bond acceptors (Lipinski definition) is 4. The molecule has 2 aromatic heterocycles. The van der Waals surface area contributed by atoms with E-state index in [2.05, 4.69) is 47.0 Å². The van der Waals surface area contributed by atoms with E-state index in [1.807, 2.05) is 0 Å². The van der Waals surface area contributed by atoms with Crippen molar-refractivity contribution in [3.8, 4) is 17.0 Å². The number of carbonyl (C=O) groups is 1. The van der Waals surface area contributed by atoms with Gasteiger partial charge < -0.3 is 25.1 Å². The number of aryl methyl sites for hydroxylation is 2. The largest absolute Gasteiger partial charge is 0.506 e. The van der Waals surface area contributed by atoms with E-state index in [0.717, 1.165) is 48.0 Å². The van der Waals surface area contributed by atoms with Crippen LogP contribution in [0, 0.1) is 0 Å². The Morgan fingerprint density at radius 3 is 2.75 bits per heavy atom. The Morgan fingerprint density at radius 2 is 2.00 bits per heavy atom. The summed E-state index contributed by atoms with van der Waals surface area (Å²) in [6.45, 7) is 4.00. The SMILES string of the molecule is CCCCCCNCc1cc2cc3c(cc2n1C)CCCc1c-3[nH]c(=O)c(C(=O)O)c1O. The molecule has 1 aromatic carbocycles. The average Bonchev–Trinajstić information content (AvgIpc) is 2.94. The number of unbranched alkanes of at least 4 members (excludes halogenated alkanes) is 3. The summed E-state index contributed by atoms with van der Waals surface area (Å²) in [6.07, 6.45) is 7.00. The molecule has 2 heterocycles. The fraction of sp³-hybridized carbons (Fsp3) is 0.440. The van der Waals surface area contributed by atoms with Crippen LogP contribution in [0.1, 0.15) is 66.2 Å². The zero-order valence-electron chi connectivity index (χ0n) is 18.8. The number of nitrogens with zero attached hydrogens (tertiary/aromatic N) is 1. The number of nitrogens with one attached hydrogen (secondary N) is 2. The number of benzene rings is 1. The van der Waals surface area contributed by atoms with Crippen LogP contribution in [0.3, 0.4) is 0 Å². The Morgan fingerprint density at radius 1 is 1.19 bits per heavy atom. The number of H-pyrrole nitrogens is 1. The fourth-order valence-corrected chi connectivity index (χ4v) is 4.74. The number of carboxylic acids is 1. The zero-order valence-corrected chi connectivity index (χ0v) is 18.8. The number of aromatic carboxylic acids is 1. The van der Waals surface area contributed by atoms with Gasteiger partial charge in [-0.2, -0.15) is 0 Å². The number of rotatable bonds is 8. The third-order valence-corrected chi connectivity index (χ3v) is 6.53. The molecule has 0 bridgehead atoms. The van der Waals surface area contributed by atoms with Crippen LogP contribution >= 0.6 is 0 Å². The van der Waals surface area contributed by atoms with Crippen LogP contribution in [0.5, 0.6) is 5.75 Å². The van der Waals surface area contributed by atoms with Gasteiger partial charge in [0.05, 0.1) is 5.69 Å². The highest BCUT2D eigenvalue weighted by atomic mass is 16.4. The molecule has 4 rings (SSSR count). The van der Waals surface area contributed by atoms with Crippen molar-refractivity contribution >= 4 is 16.9 Å². The standard InChI is InChI=1S/C25H31N3O4/c1-3-4-5-6-10-26-14-17-11-16-12-19-15(13-20(16)28(17)2)8-7-9-18-22(19)27-24(30)21(23(18)29)25(31)32/h11-13,26H,3-10,14H2,1-2H3,(H,31,32)(H2,27,29,30). The van der Waals surface area contributed by atoms with Crippen molar-refractivity contribution in [3.05, 3.63) is 50.9 Å². The molecule has 170 valence electrons. The third kappa shape index (κ3) is 4.05.